The molecule has 0 fully saturated rings. The molecule has 0 saturated carbocycles. The van der Waals surface area contributed by atoms with Gasteiger partial charge in [-0.3, -0.25) is 0 Å². The summed E-state index contributed by atoms with van der Waals surface area (Å²) in [5.41, 5.74) is 1.20. The van der Waals surface area contributed by atoms with Crippen molar-refractivity contribution in [3.05, 3.63) is 36.4 Å². The van der Waals surface area contributed by atoms with Gasteiger partial charge in [-0.25, -0.2) is 0 Å². The number of likely N-dealkylation sites (N-methyl/N-ethyl adjacent to an activating group) is 1. The zero-order valence-corrected chi connectivity index (χ0v) is 14.2. The van der Waals surface area contributed by atoms with Crippen LogP contribution in [0.4, 0.5) is 0 Å². The Kier molecular flexibility index (Phi) is 9.35. The largest absolute Gasteiger partial charge is 0.490 e. The number of nitrogens with zero attached hydrogens (tertiary/aromatic N) is 1. The molecule has 0 unspecified atom stereocenters. The highest BCUT2D eigenvalue weighted by Crippen LogP contribution is 2.28. The second-order valence-corrected chi connectivity index (χ2v) is 5.02. The summed E-state index contributed by atoms with van der Waals surface area (Å²) in [6, 6.07) is 6.09. The van der Waals surface area contributed by atoms with Gasteiger partial charge in [0.1, 0.15) is 6.61 Å². The van der Waals surface area contributed by atoms with Gasteiger partial charge in [0, 0.05) is 19.6 Å². The fourth-order valence-corrected chi connectivity index (χ4v) is 2.21. The summed E-state index contributed by atoms with van der Waals surface area (Å²) in [7, 11) is 0. The molecule has 1 rings (SSSR count). The molecule has 0 bridgehead atoms. The molecule has 0 aliphatic heterocycles. The Labute approximate surface area is 135 Å². The summed E-state index contributed by atoms with van der Waals surface area (Å²) in [5.74, 6) is 1.57. The van der Waals surface area contributed by atoms with Crippen LogP contribution in [0.15, 0.2) is 30.9 Å². The quantitative estimate of drug-likeness (QED) is 0.475. The fraction of sp³-hybridized carbons (Fsp3) is 0.556. The number of benzene rings is 1. The Morgan fingerprint density at radius 2 is 1.91 bits per heavy atom. The molecule has 0 aromatic heterocycles. The zero-order valence-electron chi connectivity index (χ0n) is 14.2. The van der Waals surface area contributed by atoms with Gasteiger partial charge in [0.05, 0.1) is 6.61 Å². The van der Waals surface area contributed by atoms with Crippen LogP contribution in [0.5, 0.6) is 11.5 Å². The van der Waals surface area contributed by atoms with E-state index in [2.05, 4.69) is 36.7 Å². The van der Waals surface area contributed by atoms with Crippen molar-refractivity contribution in [1.82, 2.24) is 10.2 Å². The minimum Gasteiger partial charge on any atom is -0.490 e. The average Bonchev–Trinajstić information content (AvgIpc) is 2.54. The maximum absolute atomic E-state index is 5.66. The van der Waals surface area contributed by atoms with E-state index in [0.717, 1.165) is 44.2 Å². The van der Waals surface area contributed by atoms with E-state index in [9.17, 15) is 0 Å². The average molecular weight is 306 g/mol. The maximum Gasteiger partial charge on any atom is 0.161 e. The standard InChI is InChI=1S/C18H30N2O2/c1-5-13-22-17-10-9-16(14-18(17)21-8-4)15-19-11-12-20(6-2)7-3/h5,9-10,14,19H,1,6-8,11-13,15H2,2-4H3. The molecule has 0 saturated heterocycles. The lowest BCUT2D eigenvalue weighted by molar-refractivity contribution is 0.296. The van der Waals surface area contributed by atoms with Crippen molar-refractivity contribution < 1.29 is 9.47 Å². The van der Waals surface area contributed by atoms with Gasteiger partial charge in [-0.15, -0.1) is 0 Å². The summed E-state index contributed by atoms with van der Waals surface area (Å²) >= 11 is 0. The molecule has 0 spiro atoms. The molecular formula is C18H30N2O2. The second-order valence-electron chi connectivity index (χ2n) is 5.02. The maximum atomic E-state index is 5.66. The zero-order chi connectivity index (χ0) is 16.2. The van der Waals surface area contributed by atoms with Crippen molar-refractivity contribution in [2.45, 2.75) is 27.3 Å². The fourth-order valence-electron chi connectivity index (χ4n) is 2.21. The van der Waals surface area contributed by atoms with E-state index in [4.69, 9.17) is 9.47 Å². The SMILES string of the molecule is C=CCOc1ccc(CNCCN(CC)CC)cc1OCC. The first-order chi connectivity index (χ1) is 10.7. The highest BCUT2D eigenvalue weighted by molar-refractivity contribution is 5.43. The van der Waals surface area contributed by atoms with Gasteiger partial charge in [-0.1, -0.05) is 32.6 Å². The number of hydrogen-bond donors (Lipinski definition) is 1. The van der Waals surface area contributed by atoms with Gasteiger partial charge >= 0.3 is 0 Å². The molecule has 0 aliphatic rings. The monoisotopic (exact) mass is 306 g/mol. The summed E-state index contributed by atoms with van der Waals surface area (Å²) in [4.78, 5) is 2.41. The molecule has 124 valence electrons. The minimum absolute atomic E-state index is 0.488. The molecule has 0 heterocycles. The van der Waals surface area contributed by atoms with E-state index in [1.54, 1.807) is 6.08 Å². The number of ether oxygens (including phenoxy) is 2. The summed E-state index contributed by atoms with van der Waals surface area (Å²) in [5, 5.41) is 3.48. The van der Waals surface area contributed by atoms with Crippen LogP contribution < -0.4 is 14.8 Å². The normalized spacial score (nSPS) is 10.7. The van der Waals surface area contributed by atoms with Gasteiger partial charge in [-0.2, -0.15) is 0 Å². The molecule has 22 heavy (non-hydrogen) atoms. The van der Waals surface area contributed by atoms with Gasteiger partial charge in [-0.05, 0) is 37.7 Å². The van der Waals surface area contributed by atoms with E-state index in [1.165, 1.54) is 5.56 Å². The molecule has 0 atom stereocenters. The predicted octanol–water partition coefficient (Wildman–Crippen LogP) is 3.08. The first-order valence-electron chi connectivity index (χ1n) is 8.17. The van der Waals surface area contributed by atoms with Crippen LogP contribution in [-0.4, -0.2) is 44.3 Å². The molecule has 1 aromatic carbocycles. The molecule has 1 N–H and O–H groups in total. The van der Waals surface area contributed by atoms with Crippen molar-refractivity contribution in [1.29, 1.82) is 0 Å². The summed E-state index contributed by atoms with van der Waals surface area (Å²) in [6.45, 7) is 16.2. The molecular weight excluding hydrogens is 276 g/mol. The van der Waals surface area contributed by atoms with Gasteiger partial charge in [0.2, 0.25) is 0 Å². The Morgan fingerprint density at radius 1 is 1.14 bits per heavy atom. The lowest BCUT2D eigenvalue weighted by Crippen LogP contribution is -2.31. The first kappa shape index (κ1) is 18.5. The Morgan fingerprint density at radius 3 is 2.55 bits per heavy atom. The van der Waals surface area contributed by atoms with Crippen LogP contribution in [0.25, 0.3) is 0 Å². The molecule has 0 aliphatic carbocycles. The molecule has 0 amide bonds. The third kappa shape index (κ3) is 6.50. The third-order valence-electron chi connectivity index (χ3n) is 3.49. The van der Waals surface area contributed by atoms with E-state index in [-0.39, 0.29) is 0 Å². The van der Waals surface area contributed by atoms with Crippen LogP contribution in [0.1, 0.15) is 26.3 Å². The molecule has 4 heteroatoms. The Hall–Kier alpha value is -1.52. The highest BCUT2D eigenvalue weighted by Gasteiger charge is 2.06. The molecule has 4 nitrogen and oxygen atoms in total. The van der Waals surface area contributed by atoms with Crippen LogP contribution in [0, 0.1) is 0 Å². The Balaban J connectivity index is 2.52. The lowest BCUT2D eigenvalue weighted by atomic mass is 10.2. The molecule has 1 aromatic rings. The molecule has 0 radical (unpaired) electrons. The van der Waals surface area contributed by atoms with E-state index >= 15 is 0 Å². The van der Waals surface area contributed by atoms with Crippen molar-refractivity contribution in [2.75, 3.05) is 39.4 Å². The summed E-state index contributed by atoms with van der Waals surface area (Å²) in [6.07, 6.45) is 1.73. The minimum atomic E-state index is 0.488. The summed E-state index contributed by atoms with van der Waals surface area (Å²) < 4.78 is 11.3. The van der Waals surface area contributed by atoms with Crippen molar-refractivity contribution >= 4 is 0 Å². The number of hydrogen-bond acceptors (Lipinski definition) is 4. The van der Waals surface area contributed by atoms with Gasteiger partial charge in [0.25, 0.3) is 0 Å². The first-order valence-corrected chi connectivity index (χ1v) is 8.17. The highest BCUT2D eigenvalue weighted by atomic mass is 16.5. The smallest absolute Gasteiger partial charge is 0.161 e. The lowest BCUT2D eigenvalue weighted by Gasteiger charge is -2.18. The third-order valence-corrected chi connectivity index (χ3v) is 3.49. The van der Waals surface area contributed by atoms with Crippen LogP contribution in [0.3, 0.4) is 0 Å². The van der Waals surface area contributed by atoms with Gasteiger partial charge in [0.15, 0.2) is 11.5 Å². The van der Waals surface area contributed by atoms with Crippen LogP contribution >= 0.6 is 0 Å². The Bertz CT molecular complexity index is 431. The van der Waals surface area contributed by atoms with Crippen LogP contribution in [0.2, 0.25) is 0 Å². The van der Waals surface area contributed by atoms with Crippen molar-refractivity contribution in [3.8, 4) is 11.5 Å². The predicted molar refractivity (Wildman–Crippen MR) is 92.8 cm³/mol. The van der Waals surface area contributed by atoms with E-state index in [0.29, 0.717) is 13.2 Å². The van der Waals surface area contributed by atoms with Crippen LogP contribution in [-0.2, 0) is 6.54 Å². The van der Waals surface area contributed by atoms with Crippen molar-refractivity contribution in [3.63, 3.8) is 0 Å². The second kappa shape index (κ2) is 11.1. The van der Waals surface area contributed by atoms with E-state index < -0.39 is 0 Å². The topological polar surface area (TPSA) is 33.7 Å². The van der Waals surface area contributed by atoms with Gasteiger partial charge < -0.3 is 19.7 Å². The van der Waals surface area contributed by atoms with Crippen molar-refractivity contribution in [2.24, 2.45) is 0 Å². The number of rotatable bonds is 12. The van der Waals surface area contributed by atoms with E-state index in [1.807, 2.05) is 19.1 Å². The number of nitrogens with one attached hydrogen (secondary N) is 1.